The van der Waals surface area contributed by atoms with E-state index in [-0.39, 0.29) is 17.9 Å². The maximum Gasteiger partial charge on any atom is 0.415 e. The fourth-order valence-electron chi connectivity index (χ4n) is 2.24. The minimum Gasteiger partial charge on any atom is -0.461 e. The Bertz CT molecular complexity index is 969. The number of esters is 1. The molecule has 0 amide bonds. The lowest BCUT2D eigenvalue weighted by molar-refractivity contribution is -0.387. The average Bonchev–Trinajstić information content (AvgIpc) is 2.90. The van der Waals surface area contributed by atoms with E-state index in [9.17, 15) is 19.7 Å². The Morgan fingerprint density at radius 3 is 2.82 bits per heavy atom. The van der Waals surface area contributed by atoms with E-state index in [1.807, 2.05) is 0 Å². The third-order valence-corrected chi connectivity index (χ3v) is 3.19. The van der Waals surface area contributed by atoms with Crippen molar-refractivity contribution < 1.29 is 18.9 Å². The van der Waals surface area contributed by atoms with Crippen LogP contribution < -0.4 is 5.63 Å². The summed E-state index contributed by atoms with van der Waals surface area (Å²) in [6, 6.07) is 5.79. The Labute approximate surface area is 122 Å². The van der Waals surface area contributed by atoms with E-state index in [1.165, 1.54) is 12.1 Å². The molecule has 1 N–H and O–H groups in total. The van der Waals surface area contributed by atoms with Crippen molar-refractivity contribution in [1.82, 2.24) is 4.98 Å². The number of ether oxygens (including phenoxy) is 1. The maximum atomic E-state index is 11.7. The second-order valence-electron chi connectivity index (χ2n) is 4.52. The average molecular weight is 302 g/mol. The summed E-state index contributed by atoms with van der Waals surface area (Å²) in [5, 5.41) is 11.8. The number of hydrogen-bond donors (Lipinski definition) is 1. The first-order chi connectivity index (χ1) is 10.5. The van der Waals surface area contributed by atoms with Crippen LogP contribution in [0.2, 0.25) is 0 Å². The minimum absolute atomic E-state index is 0.206. The first-order valence-corrected chi connectivity index (χ1v) is 6.42. The molecule has 0 aliphatic rings. The normalized spacial score (nSPS) is 11.0. The van der Waals surface area contributed by atoms with Crippen LogP contribution in [0.4, 0.5) is 5.69 Å². The van der Waals surface area contributed by atoms with Crippen molar-refractivity contribution in [3.63, 3.8) is 0 Å². The number of carbonyl (C=O) groups excluding carboxylic acids is 1. The Hall–Kier alpha value is -3.16. The predicted molar refractivity (Wildman–Crippen MR) is 77.0 cm³/mol. The summed E-state index contributed by atoms with van der Waals surface area (Å²) in [6.45, 7) is 1.92. The van der Waals surface area contributed by atoms with E-state index >= 15 is 0 Å². The van der Waals surface area contributed by atoms with Crippen LogP contribution in [0.15, 0.2) is 33.5 Å². The van der Waals surface area contributed by atoms with Gasteiger partial charge in [-0.25, -0.2) is 9.59 Å². The quantitative estimate of drug-likeness (QED) is 0.343. The van der Waals surface area contributed by atoms with Crippen LogP contribution in [-0.4, -0.2) is 22.5 Å². The molecular formula is C14H10N2O6. The number of rotatable bonds is 3. The van der Waals surface area contributed by atoms with Gasteiger partial charge in [0, 0.05) is 22.4 Å². The molecule has 112 valence electrons. The third-order valence-electron chi connectivity index (χ3n) is 3.19. The number of nitrogens with one attached hydrogen (secondary N) is 1. The Balaban J connectivity index is 2.29. The summed E-state index contributed by atoms with van der Waals surface area (Å²) >= 11 is 0. The summed E-state index contributed by atoms with van der Waals surface area (Å²) in [5.41, 5.74) is -0.661. The molecule has 8 nitrogen and oxygen atoms in total. The fraction of sp³-hybridized carbons (Fsp3) is 0.143. The topological polar surface area (TPSA) is 115 Å². The van der Waals surface area contributed by atoms with Crippen LogP contribution in [0.1, 0.15) is 17.4 Å². The molecule has 0 fully saturated rings. The van der Waals surface area contributed by atoms with Gasteiger partial charge in [-0.15, -0.1) is 0 Å². The van der Waals surface area contributed by atoms with Gasteiger partial charge < -0.3 is 14.1 Å². The molecule has 0 radical (unpaired) electrons. The van der Waals surface area contributed by atoms with Crippen molar-refractivity contribution in [2.24, 2.45) is 0 Å². The zero-order valence-corrected chi connectivity index (χ0v) is 11.4. The first-order valence-electron chi connectivity index (χ1n) is 6.42. The van der Waals surface area contributed by atoms with Crippen molar-refractivity contribution in [3.05, 3.63) is 50.5 Å². The summed E-state index contributed by atoms with van der Waals surface area (Å²) in [4.78, 5) is 36.2. The molecule has 1 aromatic carbocycles. The predicted octanol–water partition coefficient (Wildman–Crippen LogP) is 2.36. The molecule has 0 aliphatic carbocycles. The van der Waals surface area contributed by atoms with E-state index in [0.717, 1.165) is 6.07 Å². The van der Waals surface area contributed by atoms with Gasteiger partial charge in [-0.05, 0) is 25.1 Å². The molecule has 0 spiro atoms. The molecule has 22 heavy (non-hydrogen) atoms. The van der Waals surface area contributed by atoms with E-state index in [0.29, 0.717) is 16.3 Å². The summed E-state index contributed by atoms with van der Waals surface area (Å²) in [5.74, 6) is -0.529. The van der Waals surface area contributed by atoms with Crippen LogP contribution in [0, 0.1) is 10.1 Å². The lowest BCUT2D eigenvalue weighted by Crippen LogP contribution is -2.05. The number of benzene rings is 1. The minimum atomic E-state index is -1.02. The molecule has 2 aromatic heterocycles. The molecule has 0 atom stereocenters. The Morgan fingerprint density at radius 2 is 2.14 bits per heavy atom. The molecule has 0 saturated carbocycles. The summed E-state index contributed by atoms with van der Waals surface area (Å²) in [6.07, 6.45) is 0. The van der Waals surface area contributed by atoms with Crippen LogP contribution in [0.3, 0.4) is 0 Å². The van der Waals surface area contributed by atoms with Gasteiger partial charge in [0.1, 0.15) is 11.3 Å². The zero-order valence-electron chi connectivity index (χ0n) is 11.4. The second kappa shape index (κ2) is 4.99. The van der Waals surface area contributed by atoms with E-state index in [4.69, 9.17) is 9.15 Å². The lowest BCUT2D eigenvalue weighted by Gasteiger charge is -1.98. The van der Waals surface area contributed by atoms with Gasteiger partial charge >= 0.3 is 17.3 Å². The first kappa shape index (κ1) is 13.8. The van der Waals surface area contributed by atoms with Gasteiger partial charge in [0.2, 0.25) is 0 Å². The van der Waals surface area contributed by atoms with Crippen LogP contribution in [-0.2, 0) is 4.74 Å². The van der Waals surface area contributed by atoms with Crippen LogP contribution >= 0.6 is 0 Å². The SMILES string of the molecule is CCOC(=O)c1cc2c(ccc3oc(=O)c([N+](=O)[O-])cc32)[nH]1. The number of hydrogen-bond acceptors (Lipinski definition) is 6. The fourth-order valence-corrected chi connectivity index (χ4v) is 2.24. The van der Waals surface area contributed by atoms with Gasteiger partial charge in [0.05, 0.1) is 11.5 Å². The number of nitro groups is 1. The molecule has 0 saturated heterocycles. The van der Waals surface area contributed by atoms with Crippen LogP contribution in [0.5, 0.6) is 0 Å². The number of aromatic amines is 1. The molecule has 0 aliphatic heterocycles. The molecule has 0 unspecified atom stereocenters. The van der Waals surface area contributed by atoms with Crippen molar-refractivity contribution in [3.8, 4) is 0 Å². The van der Waals surface area contributed by atoms with Crippen molar-refractivity contribution in [2.45, 2.75) is 6.92 Å². The van der Waals surface area contributed by atoms with Gasteiger partial charge in [-0.2, -0.15) is 0 Å². The molecular weight excluding hydrogens is 292 g/mol. The molecule has 0 bridgehead atoms. The highest BCUT2D eigenvalue weighted by Gasteiger charge is 2.18. The number of aromatic nitrogens is 1. The molecule has 3 rings (SSSR count). The monoisotopic (exact) mass is 302 g/mol. The molecule has 8 heteroatoms. The number of carbonyl (C=O) groups is 1. The largest absolute Gasteiger partial charge is 0.461 e. The second-order valence-corrected chi connectivity index (χ2v) is 4.52. The molecule has 2 heterocycles. The van der Waals surface area contributed by atoms with Crippen molar-refractivity contribution in [2.75, 3.05) is 6.61 Å². The standard InChI is InChI=1S/C14H10N2O6/c1-2-21-13(17)10-5-7-8-6-11(16(19)20)14(18)22-12(8)4-3-9(7)15-10/h3-6,15H,2H2,1H3. The number of H-pyrrole nitrogens is 1. The Kier molecular flexibility index (Phi) is 3.13. The maximum absolute atomic E-state index is 11.7. The lowest BCUT2D eigenvalue weighted by atomic mass is 10.1. The van der Waals surface area contributed by atoms with Crippen molar-refractivity contribution >= 4 is 33.5 Å². The van der Waals surface area contributed by atoms with Crippen molar-refractivity contribution in [1.29, 1.82) is 0 Å². The van der Waals surface area contributed by atoms with Gasteiger partial charge in [-0.3, -0.25) is 10.1 Å². The van der Waals surface area contributed by atoms with E-state index in [1.54, 1.807) is 13.0 Å². The Morgan fingerprint density at radius 1 is 1.36 bits per heavy atom. The summed E-state index contributed by atoms with van der Waals surface area (Å²) < 4.78 is 9.85. The number of nitrogens with zero attached hydrogens (tertiary/aromatic N) is 1. The third kappa shape index (κ3) is 2.10. The zero-order chi connectivity index (χ0) is 15.9. The smallest absolute Gasteiger partial charge is 0.415 e. The van der Waals surface area contributed by atoms with E-state index in [2.05, 4.69) is 4.98 Å². The van der Waals surface area contributed by atoms with Gasteiger partial charge in [0.15, 0.2) is 0 Å². The van der Waals surface area contributed by atoms with Gasteiger partial charge in [-0.1, -0.05) is 0 Å². The van der Waals surface area contributed by atoms with E-state index < -0.39 is 22.2 Å². The van der Waals surface area contributed by atoms with Gasteiger partial charge in [0.25, 0.3) is 0 Å². The highest BCUT2D eigenvalue weighted by Crippen LogP contribution is 2.27. The number of fused-ring (bicyclic) bond motifs is 3. The molecule has 3 aromatic rings. The highest BCUT2D eigenvalue weighted by molar-refractivity contribution is 6.08. The summed E-state index contributed by atoms with van der Waals surface area (Å²) in [7, 11) is 0. The van der Waals surface area contributed by atoms with Crippen LogP contribution in [0.25, 0.3) is 21.9 Å². The highest BCUT2D eigenvalue weighted by atomic mass is 16.6.